The van der Waals surface area contributed by atoms with Gasteiger partial charge in [-0.15, -0.1) is 0 Å². The van der Waals surface area contributed by atoms with Gasteiger partial charge in [-0.1, -0.05) is 22.9 Å². The minimum atomic E-state index is -0.312. The molecule has 0 aliphatic rings. The zero-order valence-corrected chi connectivity index (χ0v) is 11.3. The monoisotopic (exact) mass is 309 g/mol. The van der Waals surface area contributed by atoms with Crippen molar-refractivity contribution in [3.05, 3.63) is 40.2 Å². The summed E-state index contributed by atoms with van der Waals surface area (Å²) in [6, 6.07) is 5.88. The molecule has 0 fully saturated rings. The molecule has 0 radical (unpaired) electrons. The number of H-pyrrole nitrogens is 1. The van der Waals surface area contributed by atoms with Crippen LogP contribution in [0, 0.1) is 0 Å². The highest BCUT2D eigenvalue weighted by Crippen LogP contribution is 2.27. The number of aromatic nitrogens is 1. The number of halogens is 1. The Morgan fingerprint density at radius 1 is 1.39 bits per heavy atom. The Balaban J connectivity index is 2.70. The second kappa shape index (κ2) is 4.94. The molecule has 0 unspecified atom stereocenters. The molecule has 0 saturated carbocycles. The van der Waals surface area contributed by atoms with E-state index in [0.717, 1.165) is 0 Å². The summed E-state index contributed by atoms with van der Waals surface area (Å²) in [6.07, 6.45) is 0.671. The average Bonchev–Trinajstić information content (AvgIpc) is 2.38. The first-order valence-electron chi connectivity index (χ1n) is 5.58. The van der Waals surface area contributed by atoms with Crippen molar-refractivity contribution in [1.82, 2.24) is 4.98 Å². The number of ketones is 1. The number of aromatic hydroxyl groups is 1. The van der Waals surface area contributed by atoms with Crippen molar-refractivity contribution in [1.29, 1.82) is 0 Å². The average molecular weight is 310 g/mol. The summed E-state index contributed by atoms with van der Waals surface area (Å²) in [5.74, 6) is -0.101. The maximum Gasteiger partial charge on any atom is 0.248 e. The fraction of sp³-hybridized carbons (Fsp3) is 0.231. The zero-order valence-electron chi connectivity index (χ0n) is 9.74. The molecular weight excluding hydrogens is 298 g/mol. The number of nitrogens with one attached hydrogen (secondary N) is 1. The smallest absolute Gasteiger partial charge is 0.248 e. The number of carbonyl (C=O) groups excluding carboxylic acids is 1. The summed E-state index contributed by atoms with van der Waals surface area (Å²) in [5.41, 5.74) is 0.472. The molecular formula is C13H12BrNO3. The molecule has 2 rings (SSSR count). The molecule has 2 aromatic rings. The number of fused-ring (bicyclic) bond motifs is 1. The molecule has 0 saturated heterocycles. The normalized spacial score (nSPS) is 12.6. The predicted molar refractivity (Wildman–Crippen MR) is 73.6 cm³/mol. The molecule has 1 atom stereocenters. The van der Waals surface area contributed by atoms with E-state index in [1.54, 1.807) is 12.1 Å². The number of hydrogen-bond donors (Lipinski definition) is 2. The molecule has 0 bridgehead atoms. The third kappa shape index (κ3) is 2.18. The number of aromatic amines is 1. The summed E-state index contributed by atoms with van der Waals surface area (Å²) >= 11 is 3.31. The van der Waals surface area contributed by atoms with Crippen LogP contribution in [0.4, 0.5) is 0 Å². The largest absolute Gasteiger partial charge is 0.506 e. The third-order valence-corrected chi connectivity index (χ3v) is 3.84. The zero-order chi connectivity index (χ0) is 13.3. The standard InChI is InChI=1S/C13H12BrNO3/c1-2-9(14)13(18)8-3-5-10(16)12-7(8)4-6-11(17)15-12/h3-6,9,16H,2H2,1H3,(H,15,17)/t9-/m0/s1. The van der Waals surface area contributed by atoms with Crippen LogP contribution >= 0.6 is 15.9 Å². The molecule has 5 heteroatoms. The lowest BCUT2D eigenvalue weighted by atomic mass is 10.0. The quantitative estimate of drug-likeness (QED) is 0.676. The van der Waals surface area contributed by atoms with E-state index in [0.29, 0.717) is 22.9 Å². The minimum absolute atomic E-state index is 0.0399. The Labute approximate surface area is 112 Å². The number of phenols is 1. The third-order valence-electron chi connectivity index (χ3n) is 2.78. The van der Waals surface area contributed by atoms with Crippen molar-refractivity contribution in [3.8, 4) is 5.75 Å². The van der Waals surface area contributed by atoms with Crippen LogP contribution in [0.3, 0.4) is 0 Å². The Bertz CT molecular complexity index is 663. The molecule has 1 heterocycles. The number of benzene rings is 1. The van der Waals surface area contributed by atoms with Crippen LogP contribution in [0.2, 0.25) is 0 Å². The van der Waals surface area contributed by atoms with Crippen LogP contribution in [0.25, 0.3) is 10.9 Å². The summed E-state index contributed by atoms with van der Waals surface area (Å²) in [4.78, 5) is 25.7. The van der Waals surface area contributed by atoms with Crippen molar-refractivity contribution in [2.45, 2.75) is 18.2 Å². The van der Waals surface area contributed by atoms with Crippen molar-refractivity contribution >= 4 is 32.6 Å². The molecule has 1 aromatic heterocycles. The van der Waals surface area contributed by atoms with Gasteiger partial charge in [-0.25, -0.2) is 0 Å². The highest BCUT2D eigenvalue weighted by molar-refractivity contribution is 9.10. The molecule has 0 aliphatic heterocycles. The first-order valence-corrected chi connectivity index (χ1v) is 6.49. The Morgan fingerprint density at radius 2 is 2.11 bits per heavy atom. The molecule has 94 valence electrons. The van der Waals surface area contributed by atoms with Gasteiger partial charge >= 0.3 is 0 Å². The van der Waals surface area contributed by atoms with Gasteiger partial charge in [0.05, 0.1) is 10.3 Å². The van der Waals surface area contributed by atoms with E-state index < -0.39 is 0 Å². The molecule has 0 spiro atoms. The van der Waals surface area contributed by atoms with Crippen molar-refractivity contribution < 1.29 is 9.90 Å². The number of hydrogen-bond acceptors (Lipinski definition) is 3. The molecule has 2 N–H and O–H groups in total. The van der Waals surface area contributed by atoms with Gasteiger partial charge in [-0.2, -0.15) is 0 Å². The van der Waals surface area contributed by atoms with Gasteiger partial charge in [0, 0.05) is 17.0 Å². The number of pyridine rings is 1. The van der Waals surface area contributed by atoms with Crippen LogP contribution in [0.1, 0.15) is 23.7 Å². The molecule has 0 aliphatic carbocycles. The van der Waals surface area contributed by atoms with E-state index in [1.165, 1.54) is 12.1 Å². The maximum atomic E-state index is 12.2. The van der Waals surface area contributed by atoms with Crippen molar-refractivity contribution in [2.24, 2.45) is 0 Å². The molecule has 1 aromatic carbocycles. The summed E-state index contributed by atoms with van der Waals surface area (Å²) in [7, 11) is 0. The van der Waals surface area contributed by atoms with Crippen LogP contribution in [0.15, 0.2) is 29.1 Å². The second-order valence-corrected chi connectivity index (χ2v) is 5.09. The molecule has 0 amide bonds. The van der Waals surface area contributed by atoms with E-state index in [9.17, 15) is 14.7 Å². The van der Waals surface area contributed by atoms with Crippen LogP contribution in [0.5, 0.6) is 5.75 Å². The number of Topliss-reactive ketones (excluding diaryl/α,β-unsaturated/α-hetero) is 1. The SMILES string of the molecule is CC[C@H](Br)C(=O)c1ccc(O)c2[nH]c(=O)ccc12. The number of carbonyl (C=O) groups is 1. The topological polar surface area (TPSA) is 70.2 Å². The Morgan fingerprint density at radius 3 is 2.78 bits per heavy atom. The minimum Gasteiger partial charge on any atom is -0.506 e. The lowest BCUT2D eigenvalue weighted by Crippen LogP contribution is -2.14. The number of phenolic OH excluding ortho intramolecular Hbond substituents is 1. The molecule has 4 nitrogen and oxygen atoms in total. The van der Waals surface area contributed by atoms with Crippen molar-refractivity contribution in [3.63, 3.8) is 0 Å². The van der Waals surface area contributed by atoms with Crippen LogP contribution in [-0.4, -0.2) is 20.7 Å². The predicted octanol–water partition coefficient (Wildman–Crippen LogP) is 2.59. The van der Waals surface area contributed by atoms with E-state index in [-0.39, 0.29) is 21.9 Å². The first-order chi connectivity index (χ1) is 8.54. The van der Waals surface area contributed by atoms with Gasteiger partial charge < -0.3 is 10.1 Å². The van der Waals surface area contributed by atoms with E-state index in [1.807, 2.05) is 6.92 Å². The Kier molecular flexibility index (Phi) is 3.52. The van der Waals surface area contributed by atoms with Gasteiger partial charge in [-0.3, -0.25) is 9.59 Å². The van der Waals surface area contributed by atoms with Gasteiger partial charge in [0.25, 0.3) is 0 Å². The number of rotatable bonds is 3. The van der Waals surface area contributed by atoms with Gasteiger partial charge in [-0.05, 0) is 24.6 Å². The number of alkyl halides is 1. The fourth-order valence-corrected chi connectivity index (χ4v) is 2.05. The maximum absolute atomic E-state index is 12.2. The van der Waals surface area contributed by atoms with E-state index in [4.69, 9.17) is 0 Å². The van der Waals surface area contributed by atoms with Gasteiger partial charge in [0.2, 0.25) is 5.56 Å². The Hall–Kier alpha value is -1.62. The first kappa shape index (κ1) is 12.8. The van der Waals surface area contributed by atoms with Crippen molar-refractivity contribution in [2.75, 3.05) is 0 Å². The summed E-state index contributed by atoms with van der Waals surface area (Å²) < 4.78 is 0. The summed E-state index contributed by atoms with van der Waals surface area (Å²) in [5, 5.41) is 10.3. The second-order valence-electron chi connectivity index (χ2n) is 3.98. The lowest BCUT2D eigenvalue weighted by Gasteiger charge is -2.09. The van der Waals surface area contributed by atoms with Gasteiger partial charge in [0.1, 0.15) is 5.75 Å². The highest BCUT2D eigenvalue weighted by Gasteiger charge is 2.18. The van der Waals surface area contributed by atoms with E-state index in [2.05, 4.69) is 20.9 Å². The van der Waals surface area contributed by atoms with Crippen LogP contribution in [-0.2, 0) is 0 Å². The van der Waals surface area contributed by atoms with Crippen LogP contribution < -0.4 is 5.56 Å². The van der Waals surface area contributed by atoms with Gasteiger partial charge in [0.15, 0.2) is 5.78 Å². The highest BCUT2D eigenvalue weighted by atomic mass is 79.9. The van der Waals surface area contributed by atoms with E-state index >= 15 is 0 Å². The molecule has 18 heavy (non-hydrogen) atoms. The summed E-state index contributed by atoms with van der Waals surface area (Å²) in [6.45, 7) is 1.90. The lowest BCUT2D eigenvalue weighted by molar-refractivity contribution is 0.0992. The fourth-order valence-electron chi connectivity index (χ4n) is 1.81.